The zero-order chi connectivity index (χ0) is 40.9. The third kappa shape index (κ3) is 17.0. The minimum absolute atomic E-state index is 0.523. The van der Waals surface area contributed by atoms with Crippen molar-refractivity contribution in [2.24, 2.45) is 7.05 Å². The molecule has 0 bridgehead atoms. The summed E-state index contributed by atoms with van der Waals surface area (Å²) in [7, 11) is 1.94. The molecular formula is C47H71N7OS. The minimum atomic E-state index is 0.523. The molecule has 56 heavy (non-hydrogen) atoms. The molecule has 7 heterocycles. The van der Waals surface area contributed by atoms with E-state index in [2.05, 4.69) is 125 Å². The molecule has 0 spiro atoms. The van der Waals surface area contributed by atoms with Crippen LogP contribution in [0.15, 0.2) is 84.8 Å². The fourth-order valence-electron chi connectivity index (χ4n) is 6.08. The van der Waals surface area contributed by atoms with Crippen molar-refractivity contribution in [3.05, 3.63) is 118 Å². The van der Waals surface area contributed by atoms with E-state index in [0.717, 1.165) is 37.4 Å². The maximum absolute atomic E-state index is 5.37. The molecule has 5 aromatic rings. The van der Waals surface area contributed by atoms with Crippen LogP contribution in [0.3, 0.4) is 0 Å². The molecule has 0 aliphatic carbocycles. The van der Waals surface area contributed by atoms with Crippen molar-refractivity contribution >= 4 is 17.2 Å². The number of rotatable bonds is 7. The predicted octanol–water partition coefficient (Wildman–Crippen LogP) is 12.3. The molecule has 0 N–H and O–H groups in total. The average Bonchev–Trinajstić information content (AvgIpc) is 3.93. The van der Waals surface area contributed by atoms with Crippen LogP contribution < -0.4 is 4.90 Å². The molecule has 2 saturated heterocycles. The van der Waals surface area contributed by atoms with Crippen LogP contribution in [0.1, 0.15) is 170 Å². The Morgan fingerprint density at radius 2 is 1.32 bits per heavy atom. The van der Waals surface area contributed by atoms with Gasteiger partial charge in [-0.15, -0.1) is 11.3 Å². The molecule has 5 aromatic heterocycles. The van der Waals surface area contributed by atoms with E-state index >= 15 is 0 Å². The van der Waals surface area contributed by atoms with E-state index in [1.165, 1.54) is 60.1 Å². The second-order valence-electron chi connectivity index (χ2n) is 16.2. The zero-order valence-corrected chi connectivity index (χ0v) is 37.2. The first-order chi connectivity index (χ1) is 26.8. The van der Waals surface area contributed by atoms with Crippen LogP contribution >= 0.6 is 11.3 Å². The smallest absolute Gasteiger partial charge is 0.128 e. The topological polar surface area (TPSA) is 81.9 Å². The van der Waals surface area contributed by atoms with Gasteiger partial charge in [0.05, 0.1) is 10.7 Å². The Labute approximate surface area is 343 Å². The summed E-state index contributed by atoms with van der Waals surface area (Å²) in [6.45, 7) is 25.8. The van der Waals surface area contributed by atoms with Crippen molar-refractivity contribution in [1.29, 1.82) is 0 Å². The van der Waals surface area contributed by atoms with Gasteiger partial charge in [0, 0.05) is 92.4 Å². The summed E-state index contributed by atoms with van der Waals surface area (Å²) in [6, 6.07) is 18.8. The fraction of sp³-hybridized carbons (Fsp3) is 0.553. The maximum atomic E-state index is 5.37. The lowest BCUT2D eigenvalue weighted by molar-refractivity contribution is 0.0845. The molecule has 306 valence electrons. The molecule has 0 aromatic carbocycles. The van der Waals surface area contributed by atoms with Crippen LogP contribution in [0.2, 0.25) is 0 Å². The first kappa shape index (κ1) is 46.4. The van der Waals surface area contributed by atoms with E-state index in [1.54, 1.807) is 11.3 Å². The number of nitrogens with zero attached hydrogens (tertiary/aromatic N) is 7. The lowest BCUT2D eigenvalue weighted by Crippen LogP contribution is -2.30. The van der Waals surface area contributed by atoms with E-state index in [-0.39, 0.29) is 0 Å². The number of aryl methyl sites for hydroxylation is 1. The van der Waals surface area contributed by atoms with Crippen molar-refractivity contribution in [2.75, 3.05) is 31.2 Å². The first-order valence-corrected chi connectivity index (χ1v) is 21.8. The zero-order valence-electron chi connectivity index (χ0n) is 36.4. The summed E-state index contributed by atoms with van der Waals surface area (Å²) in [5, 5.41) is 7.46. The molecule has 2 aliphatic heterocycles. The highest BCUT2D eigenvalue weighted by Crippen LogP contribution is 2.27. The number of thiazole rings is 1. The summed E-state index contributed by atoms with van der Waals surface area (Å²) >= 11 is 1.72. The van der Waals surface area contributed by atoms with Gasteiger partial charge in [-0.05, 0) is 104 Å². The Hall–Kier alpha value is -3.95. The van der Waals surface area contributed by atoms with Crippen molar-refractivity contribution in [1.82, 2.24) is 29.7 Å². The second-order valence-corrected chi connectivity index (χ2v) is 17.1. The quantitative estimate of drug-likeness (QED) is 0.163. The summed E-state index contributed by atoms with van der Waals surface area (Å²) in [4.78, 5) is 19.9. The number of hydrogen-bond acceptors (Lipinski definition) is 8. The lowest BCUT2D eigenvalue weighted by atomic mass is 9.93. The standard InChI is InChI=1S/C13H20N2.C13H19NO.C8H11N.C7H12N2.C6H9NS/c1-11(2)12-7-6-8-13(14-12)15-9-4-3-5-10-15;1-10(2)12-3-6-14-13(9-12)11-4-7-15-8-5-11;1-7(2)8-5-3-4-6-9-8;1-6(2)7-4-5-9(3)8-7;1-5(2)6-7-3-4-8-6/h6-8,11H,3-5,9-10H2,1-2H3;3,6,9-11H,4-5,7-8H2,1-2H3;3-7H,1-2H3;4-6H,1-3H3;3-5H,1-2H3. The average molecular weight is 782 g/mol. The molecule has 0 saturated carbocycles. The molecule has 7 rings (SSSR count). The lowest BCUT2D eigenvalue weighted by Gasteiger charge is -2.28. The number of anilines is 1. The molecule has 0 amide bonds. The van der Waals surface area contributed by atoms with Gasteiger partial charge in [0.2, 0.25) is 0 Å². The molecular weight excluding hydrogens is 711 g/mol. The Balaban J connectivity index is 0.000000193. The van der Waals surface area contributed by atoms with Gasteiger partial charge in [0.25, 0.3) is 0 Å². The van der Waals surface area contributed by atoms with Crippen LogP contribution in [-0.2, 0) is 11.8 Å². The van der Waals surface area contributed by atoms with Gasteiger partial charge in [-0.3, -0.25) is 14.6 Å². The van der Waals surface area contributed by atoms with Crippen LogP contribution in [-0.4, -0.2) is 56.0 Å². The number of pyridine rings is 3. The normalized spacial score (nSPS) is 14.3. The maximum Gasteiger partial charge on any atom is 0.128 e. The van der Waals surface area contributed by atoms with E-state index < -0.39 is 0 Å². The molecule has 0 unspecified atom stereocenters. The Kier molecular flexibility index (Phi) is 21.0. The van der Waals surface area contributed by atoms with Gasteiger partial charge in [-0.2, -0.15) is 5.10 Å². The first-order valence-electron chi connectivity index (χ1n) is 20.9. The summed E-state index contributed by atoms with van der Waals surface area (Å²) < 4.78 is 7.20. The van der Waals surface area contributed by atoms with Crippen LogP contribution in [0.4, 0.5) is 5.82 Å². The van der Waals surface area contributed by atoms with Crippen molar-refractivity contribution in [2.45, 2.75) is 137 Å². The third-order valence-corrected chi connectivity index (χ3v) is 10.8. The van der Waals surface area contributed by atoms with Crippen LogP contribution in [0.5, 0.6) is 0 Å². The van der Waals surface area contributed by atoms with Gasteiger partial charge < -0.3 is 9.64 Å². The van der Waals surface area contributed by atoms with Gasteiger partial charge in [-0.25, -0.2) is 9.97 Å². The van der Waals surface area contributed by atoms with Gasteiger partial charge in [0.15, 0.2) is 0 Å². The number of piperidine rings is 1. The second kappa shape index (κ2) is 25.3. The number of aromatic nitrogens is 6. The van der Waals surface area contributed by atoms with Gasteiger partial charge in [0.1, 0.15) is 5.82 Å². The SMILES string of the molecule is CC(C)c1cccc(N2CCCCC2)n1.CC(C)c1ccccn1.CC(C)c1ccn(C)n1.CC(C)c1ccnc(C2CCOCC2)c1.CC(C)c1nccs1. The molecule has 8 nitrogen and oxygen atoms in total. The van der Waals surface area contributed by atoms with Crippen LogP contribution in [0.25, 0.3) is 0 Å². The number of ether oxygens (including phenoxy) is 1. The summed E-state index contributed by atoms with van der Waals surface area (Å²) in [6.07, 6.45) is 13.8. The Bertz CT molecular complexity index is 1660. The monoisotopic (exact) mass is 782 g/mol. The molecule has 0 atom stereocenters. The highest BCUT2D eigenvalue weighted by atomic mass is 32.1. The number of hydrogen-bond donors (Lipinski definition) is 0. The van der Waals surface area contributed by atoms with Crippen molar-refractivity contribution in [3.8, 4) is 0 Å². The Morgan fingerprint density at radius 1 is 0.643 bits per heavy atom. The van der Waals surface area contributed by atoms with E-state index in [4.69, 9.17) is 9.72 Å². The van der Waals surface area contributed by atoms with E-state index in [1.807, 2.05) is 66.2 Å². The largest absolute Gasteiger partial charge is 0.381 e. The fourth-order valence-corrected chi connectivity index (χ4v) is 6.73. The Morgan fingerprint density at radius 3 is 1.80 bits per heavy atom. The van der Waals surface area contributed by atoms with Crippen molar-refractivity contribution < 1.29 is 4.74 Å². The molecule has 2 aliphatic rings. The predicted molar refractivity (Wildman–Crippen MR) is 237 cm³/mol. The third-order valence-electron chi connectivity index (χ3n) is 9.69. The van der Waals surface area contributed by atoms with Crippen molar-refractivity contribution in [3.63, 3.8) is 0 Å². The van der Waals surface area contributed by atoms with Crippen LogP contribution in [0, 0.1) is 0 Å². The van der Waals surface area contributed by atoms with E-state index in [0.29, 0.717) is 35.5 Å². The van der Waals surface area contributed by atoms with Gasteiger partial charge in [-0.1, -0.05) is 81.4 Å². The summed E-state index contributed by atoms with van der Waals surface area (Å²) in [5.41, 5.74) is 6.18. The minimum Gasteiger partial charge on any atom is -0.381 e. The highest BCUT2D eigenvalue weighted by molar-refractivity contribution is 7.09. The molecule has 9 heteroatoms. The van der Waals surface area contributed by atoms with Gasteiger partial charge >= 0.3 is 0 Å². The molecule has 2 fully saturated rings. The molecule has 0 radical (unpaired) electrons. The highest BCUT2D eigenvalue weighted by Gasteiger charge is 2.17. The summed E-state index contributed by atoms with van der Waals surface area (Å²) in [5.74, 6) is 4.58. The van der Waals surface area contributed by atoms with E-state index in [9.17, 15) is 0 Å².